The monoisotopic (exact) mass is 413 g/mol. The van der Waals surface area contributed by atoms with Crippen molar-refractivity contribution in [2.75, 3.05) is 17.9 Å². The van der Waals surface area contributed by atoms with Gasteiger partial charge in [0, 0.05) is 16.3 Å². The molecular formula is C15H15ClF3NO3S2. The quantitative estimate of drug-likeness (QED) is 0.673. The molecule has 0 bridgehead atoms. The molecule has 0 fully saturated rings. The van der Waals surface area contributed by atoms with Gasteiger partial charge < -0.3 is 4.74 Å². The van der Waals surface area contributed by atoms with E-state index in [-0.39, 0.29) is 17.9 Å². The van der Waals surface area contributed by atoms with E-state index in [1.807, 2.05) is 0 Å². The summed E-state index contributed by atoms with van der Waals surface area (Å²) in [6.45, 7) is 0.0997. The van der Waals surface area contributed by atoms with Crippen LogP contribution in [-0.4, -0.2) is 27.8 Å². The van der Waals surface area contributed by atoms with E-state index in [0.29, 0.717) is 21.2 Å². The summed E-state index contributed by atoms with van der Waals surface area (Å²) in [4.78, 5) is 0.635. The Morgan fingerprint density at radius 1 is 1.28 bits per heavy atom. The number of ether oxygens (including phenoxy) is 1. The molecule has 0 unspecified atom stereocenters. The van der Waals surface area contributed by atoms with Crippen LogP contribution in [0.4, 0.5) is 18.9 Å². The number of sulfonamides is 1. The molecule has 2 rings (SSSR count). The average Bonchev–Trinajstić information content (AvgIpc) is 2.92. The molecule has 1 aromatic heterocycles. The second-order valence-corrected chi connectivity index (χ2v) is 8.20. The van der Waals surface area contributed by atoms with Gasteiger partial charge in [0.1, 0.15) is 6.61 Å². The molecule has 1 heterocycles. The number of thiophene rings is 1. The van der Waals surface area contributed by atoms with E-state index in [9.17, 15) is 21.6 Å². The highest BCUT2D eigenvalue weighted by Gasteiger charge is 2.27. The van der Waals surface area contributed by atoms with E-state index in [4.69, 9.17) is 11.6 Å². The highest BCUT2D eigenvalue weighted by molar-refractivity contribution is 7.92. The summed E-state index contributed by atoms with van der Waals surface area (Å²) in [7, 11) is -3.86. The minimum atomic E-state index is -4.38. The summed E-state index contributed by atoms with van der Waals surface area (Å²) in [5.74, 6) is 0. The maximum atomic E-state index is 12.5. The van der Waals surface area contributed by atoms with Crippen LogP contribution in [0.2, 0.25) is 5.02 Å². The summed E-state index contributed by atoms with van der Waals surface area (Å²) in [5.41, 5.74) is 0.738. The normalized spacial score (nSPS) is 12.4. The zero-order valence-corrected chi connectivity index (χ0v) is 15.5. The molecule has 4 nitrogen and oxygen atoms in total. The van der Waals surface area contributed by atoms with E-state index >= 15 is 0 Å². The SMILES string of the molecule is Cc1c(Cl)cccc1S(=O)(=O)Nc1ccsc1CCOCC(F)(F)F. The molecule has 25 heavy (non-hydrogen) atoms. The lowest BCUT2D eigenvalue weighted by Crippen LogP contribution is -2.18. The van der Waals surface area contributed by atoms with Crippen LogP contribution >= 0.6 is 22.9 Å². The Balaban J connectivity index is 2.08. The Kier molecular flexibility index (Phi) is 6.36. The van der Waals surface area contributed by atoms with E-state index in [0.717, 1.165) is 0 Å². The molecule has 0 aliphatic heterocycles. The number of halogens is 4. The minimum absolute atomic E-state index is 0.0467. The predicted molar refractivity (Wildman–Crippen MR) is 91.9 cm³/mol. The van der Waals surface area contributed by atoms with Crippen molar-refractivity contribution in [3.05, 3.63) is 45.1 Å². The van der Waals surface area contributed by atoms with Crippen LogP contribution in [-0.2, 0) is 21.2 Å². The molecule has 0 saturated heterocycles. The molecule has 138 valence electrons. The number of anilines is 1. The van der Waals surface area contributed by atoms with Gasteiger partial charge in [0.2, 0.25) is 0 Å². The van der Waals surface area contributed by atoms with Gasteiger partial charge in [-0.2, -0.15) is 13.2 Å². The van der Waals surface area contributed by atoms with Gasteiger partial charge in [0.25, 0.3) is 10.0 Å². The number of nitrogens with one attached hydrogen (secondary N) is 1. The predicted octanol–water partition coefficient (Wildman–Crippen LogP) is 4.63. The van der Waals surface area contributed by atoms with Gasteiger partial charge in [-0.3, -0.25) is 4.72 Å². The molecular weight excluding hydrogens is 399 g/mol. The van der Waals surface area contributed by atoms with E-state index < -0.39 is 22.8 Å². The highest BCUT2D eigenvalue weighted by atomic mass is 35.5. The number of alkyl halides is 3. The molecule has 0 atom stereocenters. The topological polar surface area (TPSA) is 55.4 Å². The molecule has 0 aliphatic carbocycles. The van der Waals surface area contributed by atoms with Crippen LogP contribution in [0.1, 0.15) is 10.4 Å². The zero-order chi connectivity index (χ0) is 18.7. The molecule has 0 aliphatic rings. The smallest absolute Gasteiger partial charge is 0.372 e. The first kappa shape index (κ1) is 20.0. The van der Waals surface area contributed by atoms with Crippen molar-refractivity contribution >= 4 is 38.6 Å². The standard InChI is InChI=1S/C15H15ClF3NO3S2/c1-10-11(16)3-2-4-14(10)25(21,22)20-12-6-8-24-13(12)5-7-23-9-15(17,18)19/h2-4,6,8,20H,5,7,9H2,1H3. The number of hydrogen-bond donors (Lipinski definition) is 1. The van der Waals surface area contributed by atoms with Crippen LogP contribution in [0, 0.1) is 6.92 Å². The fraction of sp³-hybridized carbons (Fsp3) is 0.333. The lowest BCUT2D eigenvalue weighted by atomic mass is 10.2. The fourth-order valence-corrected chi connectivity index (χ4v) is 4.53. The highest BCUT2D eigenvalue weighted by Crippen LogP contribution is 2.28. The van der Waals surface area contributed by atoms with Gasteiger partial charge in [-0.05, 0) is 36.1 Å². The Bertz CT molecular complexity index is 835. The fourth-order valence-electron chi connectivity index (χ4n) is 2.06. The van der Waals surface area contributed by atoms with Gasteiger partial charge in [-0.25, -0.2) is 8.42 Å². The largest absolute Gasteiger partial charge is 0.411 e. The van der Waals surface area contributed by atoms with E-state index in [2.05, 4.69) is 9.46 Å². The van der Waals surface area contributed by atoms with Crippen molar-refractivity contribution in [1.82, 2.24) is 0 Å². The summed E-state index contributed by atoms with van der Waals surface area (Å²) >= 11 is 7.19. The lowest BCUT2D eigenvalue weighted by molar-refractivity contribution is -0.173. The second-order valence-electron chi connectivity index (χ2n) is 5.14. The third-order valence-electron chi connectivity index (χ3n) is 3.24. The van der Waals surface area contributed by atoms with Gasteiger partial charge >= 0.3 is 6.18 Å². The second kappa shape index (κ2) is 7.94. The summed E-state index contributed by atoms with van der Waals surface area (Å²) in [5, 5.41) is 1.98. The van der Waals surface area contributed by atoms with Gasteiger partial charge in [-0.15, -0.1) is 11.3 Å². The Labute approximate surface area is 152 Å². The molecule has 1 aromatic carbocycles. The Morgan fingerprint density at radius 2 is 2.00 bits per heavy atom. The molecule has 1 N–H and O–H groups in total. The summed E-state index contributed by atoms with van der Waals surface area (Å²) in [6, 6.07) is 6.11. The van der Waals surface area contributed by atoms with Crippen LogP contribution < -0.4 is 4.72 Å². The maximum absolute atomic E-state index is 12.5. The van der Waals surface area contributed by atoms with Crippen molar-refractivity contribution in [3.63, 3.8) is 0 Å². The van der Waals surface area contributed by atoms with E-state index in [1.54, 1.807) is 24.4 Å². The minimum Gasteiger partial charge on any atom is -0.372 e. The van der Waals surface area contributed by atoms with Crippen LogP contribution in [0.25, 0.3) is 0 Å². The van der Waals surface area contributed by atoms with Crippen LogP contribution in [0.5, 0.6) is 0 Å². The van der Waals surface area contributed by atoms with Crippen LogP contribution in [0.3, 0.4) is 0 Å². The first-order valence-corrected chi connectivity index (χ1v) is 9.83. The summed E-state index contributed by atoms with van der Waals surface area (Å²) < 4.78 is 68.3. The first-order valence-electron chi connectivity index (χ1n) is 7.09. The van der Waals surface area contributed by atoms with Crippen molar-refractivity contribution in [2.45, 2.75) is 24.4 Å². The molecule has 10 heteroatoms. The maximum Gasteiger partial charge on any atom is 0.411 e. The van der Waals surface area contributed by atoms with Crippen molar-refractivity contribution in [1.29, 1.82) is 0 Å². The van der Waals surface area contributed by atoms with Gasteiger partial charge in [0.15, 0.2) is 0 Å². The van der Waals surface area contributed by atoms with Crippen molar-refractivity contribution < 1.29 is 26.3 Å². The molecule has 0 radical (unpaired) electrons. The van der Waals surface area contributed by atoms with Crippen LogP contribution in [0.15, 0.2) is 34.5 Å². The summed E-state index contributed by atoms with van der Waals surface area (Å²) in [6.07, 6.45) is -4.22. The number of hydrogen-bond acceptors (Lipinski definition) is 4. The number of benzene rings is 1. The Morgan fingerprint density at radius 3 is 2.68 bits per heavy atom. The average molecular weight is 414 g/mol. The van der Waals surface area contributed by atoms with Crippen molar-refractivity contribution in [2.24, 2.45) is 0 Å². The van der Waals surface area contributed by atoms with E-state index in [1.165, 1.54) is 23.5 Å². The lowest BCUT2D eigenvalue weighted by Gasteiger charge is -2.12. The molecule has 0 spiro atoms. The first-order chi connectivity index (χ1) is 11.6. The Hall–Kier alpha value is -1.29. The zero-order valence-electron chi connectivity index (χ0n) is 13.1. The third kappa shape index (κ3) is 5.60. The van der Waals surface area contributed by atoms with Gasteiger partial charge in [0.05, 0.1) is 17.2 Å². The van der Waals surface area contributed by atoms with Crippen molar-refractivity contribution in [3.8, 4) is 0 Å². The third-order valence-corrected chi connectivity index (χ3v) is 6.14. The number of rotatable bonds is 7. The molecule has 2 aromatic rings. The van der Waals surface area contributed by atoms with Gasteiger partial charge in [-0.1, -0.05) is 17.7 Å². The molecule has 0 amide bonds. The molecule has 0 saturated carbocycles.